The highest BCUT2D eigenvalue weighted by Crippen LogP contribution is 2.11. The van der Waals surface area contributed by atoms with Gasteiger partial charge in [-0.2, -0.15) is 12.6 Å². The lowest BCUT2D eigenvalue weighted by molar-refractivity contribution is -0.143. The molecule has 5 unspecified atom stereocenters. The Morgan fingerprint density at radius 1 is 1.06 bits per heavy atom. The predicted octanol–water partition coefficient (Wildman–Crippen LogP) is -0.882. The first kappa shape index (κ1) is 26.7. The number of carbonyl (C=O) groups excluding carboxylic acids is 3. The number of thiol groups is 1. The Bertz CT molecular complexity index is 670. The van der Waals surface area contributed by atoms with Gasteiger partial charge in [0.25, 0.3) is 0 Å². The summed E-state index contributed by atoms with van der Waals surface area (Å²) in [5.74, 6) is -4.55. The van der Waals surface area contributed by atoms with Gasteiger partial charge in [0.2, 0.25) is 17.7 Å². The van der Waals surface area contributed by atoms with Gasteiger partial charge < -0.3 is 31.5 Å². The van der Waals surface area contributed by atoms with Crippen LogP contribution in [0.2, 0.25) is 0 Å². The Labute approximate surface area is 186 Å². The highest BCUT2D eigenvalue weighted by molar-refractivity contribution is 7.80. The molecule has 0 bridgehead atoms. The fraction of sp³-hybridized carbons (Fsp3) is 0.737. The molecule has 176 valence electrons. The molecule has 5 atom stereocenters. The normalized spacial score (nSPS) is 19.5. The lowest BCUT2D eigenvalue weighted by atomic mass is 9.97. The van der Waals surface area contributed by atoms with Crippen molar-refractivity contribution in [2.75, 3.05) is 12.3 Å². The van der Waals surface area contributed by atoms with Gasteiger partial charge in [-0.05, 0) is 31.7 Å². The van der Waals surface area contributed by atoms with Crippen LogP contribution >= 0.6 is 12.6 Å². The molecule has 1 rings (SSSR count). The quantitative estimate of drug-likeness (QED) is 0.173. The summed E-state index contributed by atoms with van der Waals surface area (Å²) in [6.45, 7) is 4.24. The van der Waals surface area contributed by atoms with Crippen molar-refractivity contribution in [3.8, 4) is 0 Å². The molecule has 1 aliphatic rings. The summed E-state index contributed by atoms with van der Waals surface area (Å²) >= 11 is 4.12. The summed E-state index contributed by atoms with van der Waals surface area (Å²) < 4.78 is 0. The first-order chi connectivity index (χ1) is 14.6. The maximum atomic E-state index is 12.7. The van der Waals surface area contributed by atoms with Crippen molar-refractivity contribution in [2.45, 2.75) is 70.1 Å². The van der Waals surface area contributed by atoms with Gasteiger partial charge in [0.05, 0.1) is 6.04 Å². The number of nitrogens with one attached hydrogen (secondary N) is 4. The van der Waals surface area contributed by atoms with E-state index in [2.05, 4.69) is 33.9 Å². The van der Waals surface area contributed by atoms with E-state index >= 15 is 0 Å². The summed E-state index contributed by atoms with van der Waals surface area (Å²) in [4.78, 5) is 59.9. The summed E-state index contributed by atoms with van der Waals surface area (Å²) in [6.07, 6.45) is 1.31. The first-order valence-corrected chi connectivity index (χ1v) is 10.9. The van der Waals surface area contributed by atoms with E-state index in [1.807, 2.05) is 0 Å². The molecule has 0 aliphatic carbocycles. The van der Waals surface area contributed by atoms with E-state index < -0.39 is 48.3 Å². The van der Waals surface area contributed by atoms with Gasteiger partial charge in [-0.25, -0.2) is 4.79 Å². The van der Waals surface area contributed by atoms with Crippen LogP contribution in [0.5, 0.6) is 0 Å². The number of carboxylic acid groups (broad SMARTS) is 2. The second kappa shape index (κ2) is 13.2. The van der Waals surface area contributed by atoms with Crippen LogP contribution in [0.15, 0.2) is 0 Å². The number of aliphatic carboxylic acids is 2. The summed E-state index contributed by atoms with van der Waals surface area (Å²) in [5.41, 5.74) is 0. The Balaban J connectivity index is 2.82. The maximum absolute atomic E-state index is 12.7. The van der Waals surface area contributed by atoms with Gasteiger partial charge in [0.1, 0.15) is 18.1 Å². The smallest absolute Gasteiger partial charge is 0.326 e. The lowest BCUT2D eigenvalue weighted by Gasteiger charge is -2.27. The highest BCUT2D eigenvalue weighted by Gasteiger charge is 2.33. The van der Waals surface area contributed by atoms with Crippen LogP contribution in [0.3, 0.4) is 0 Å². The monoisotopic (exact) mass is 460 g/mol. The number of rotatable bonds is 13. The van der Waals surface area contributed by atoms with E-state index in [1.54, 1.807) is 13.8 Å². The van der Waals surface area contributed by atoms with Crippen molar-refractivity contribution in [3.05, 3.63) is 0 Å². The largest absolute Gasteiger partial charge is 0.481 e. The highest BCUT2D eigenvalue weighted by atomic mass is 32.1. The van der Waals surface area contributed by atoms with Crippen LogP contribution in [0, 0.1) is 5.92 Å². The molecule has 1 aliphatic heterocycles. The molecule has 31 heavy (non-hydrogen) atoms. The van der Waals surface area contributed by atoms with Gasteiger partial charge in [0, 0.05) is 12.2 Å². The zero-order chi connectivity index (χ0) is 23.6. The van der Waals surface area contributed by atoms with Crippen LogP contribution in [0.25, 0.3) is 0 Å². The number of hydrogen-bond donors (Lipinski definition) is 7. The Hall–Kier alpha value is -2.34. The fourth-order valence-corrected chi connectivity index (χ4v) is 3.37. The Morgan fingerprint density at radius 3 is 2.23 bits per heavy atom. The van der Waals surface area contributed by atoms with Gasteiger partial charge in [-0.1, -0.05) is 20.3 Å². The Morgan fingerprint density at radius 2 is 1.74 bits per heavy atom. The van der Waals surface area contributed by atoms with E-state index in [0.717, 1.165) is 13.0 Å². The number of carbonyl (C=O) groups is 5. The van der Waals surface area contributed by atoms with Crippen molar-refractivity contribution in [1.82, 2.24) is 21.3 Å². The molecule has 1 heterocycles. The minimum atomic E-state index is -1.40. The average molecular weight is 461 g/mol. The molecule has 0 aromatic carbocycles. The molecule has 1 fully saturated rings. The van der Waals surface area contributed by atoms with Crippen LogP contribution in [0.4, 0.5) is 0 Å². The van der Waals surface area contributed by atoms with Crippen molar-refractivity contribution < 1.29 is 34.2 Å². The van der Waals surface area contributed by atoms with E-state index in [4.69, 9.17) is 5.11 Å². The van der Waals surface area contributed by atoms with Crippen LogP contribution < -0.4 is 21.3 Å². The van der Waals surface area contributed by atoms with Crippen molar-refractivity contribution in [1.29, 1.82) is 0 Å². The standard InChI is InChI=1S/C19H32N4O7S/c1-3-10(2)15(18(28)21-12(19(29)30)6-7-14(24)25)23-17(27)13(9-31)22-16(26)11-5-4-8-20-11/h10-13,15,20,31H,3-9H2,1-2H3,(H,21,28)(H,22,26)(H,23,27)(H,24,25)(H,29,30). The predicted molar refractivity (Wildman–Crippen MR) is 115 cm³/mol. The number of carboxylic acids is 2. The summed E-state index contributed by atoms with van der Waals surface area (Å²) in [6, 6.07) is -3.82. The van der Waals surface area contributed by atoms with E-state index in [-0.39, 0.29) is 30.0 Å². The SMILES string of the molecule is CCC(C)C(NC(=O)C(CS)NC(=O)C1CCCN1)C(=O)NC(CCC(=O)O)C(=O)O. The lowest BCUT2D eigenvalue weighted by Crippen LogP contribution is -2.59. The molecule has 0 saturated carbocycles. The van der Waals surface area contributed by atoms with E-state index in [9.17, 15) is 29.1 Å². The molecule has 0 aromatic rings. The molecule has 0 spiro atoms. The molecule has 0 aromatic heterocycles. The van der Waals surface area contributed by atoms with Crippen LogP contribution in [0.1, 0.15) is 46.0 Å². The number of hydrogen-bond acceptors (Lipinski definition) is 7. The number of amides is 3. The fourth-order valence-electron chi connectivity index (χ4n) is 3.12. The first-order valence-electron chi connectivity index (χ1n) is 10.3. The van der Waals surface area contributed by atoms with Crippen LogP contribution in [-0.4, -0.2) is 76.3 Å². The third-order valence-corrected chi connectivity index (χ3v) is 5.61. The Kier molecular flexibility index (Phi) is 11.3. The van der Waals surface area contributed by atoms with E-state index in [1.165, 1.54) is 0 Å². The molecule has 3 amide bonds. The molecule has 11 nitrogen and oxygen atoms in total. The zero-order valence-electron chi connectivity index (χ0n) is 17.7. The van der Waals surface area contributed by atoms with Gasteiger partial charge in [0.15, 0.2) is 0 Å². The van der Waals surface area contributed by atoms with Gasteiger partial charge in [-0.3, -0.25) is 19.2 Å². The molecular formula is C19H32N4O7S. The minimum absolute atomic E-state index is 0.00943. The molecule has 6 N–H and O–H groups in total. The van der Waals surface area contributed by atoms with Crippen molar-refractivity contribution >= 4 is 42.3 Å². The van der Waals surface area contributed by atoms with E-state index in [0.29, 0.717) is 12.8 Å². The van der Waals surface area contributed by atoms with Crippen molar-refractivity contribution in [3.63, 3.8) is 0 Å². The third-order valence-electron chi connectivity index (χ3n) is 5.25. The van der Waals surface area contributed by atoms with Crippen molar-refractivity contribution in [2.24, 2.45) is 5.92 Å². The second-order valence-electron chi connectivity index (χ2n) is 7.60. The molecule has 1 saturated heterocycles. The molecule has 12 heteroatoms. The van der Waals surface area contributed by atoms with Gasteiger partial charge >= 0.3 is 11.9 Å². The maximum Gasteiger partial charge on any atom is 0.326 e. The average Bonchev–Trinajstić information content (AvgIpc) is 3.26. The summed E-state index contributed by atoms with van der Waals surface area (Å²) in [7, 11) is 0. The molecular weight excluding hydrogens is 428 g/mol. The third kappa shape index (κ3) is 8.74. The minimum Gasteiger partial charge on any atom is -0.481 e. The van der Waals surface area contributed by atoms with Gasteiger partial charge in [-0.15, -0.1) is 0 Å². The van der Waals surface area contributed by atoms with Crippen LogP contribution in [-0.2, 0) is 24.0 Å². The topological polar surface area (TPSA) is 174 Å². The zero-order valence-corrected chi connectivity index (χ0v) is 18.6. The molecule has 0 radical (unpaired) electrons. The summed E-state index contributed by atoms with van der Waals surface area (Å²) in [5, 5.41) is 28.6. The second-order valence-corrected chi connectivity index (χ2v) is 7.96.